The lowest BCUT2D eigenvalue weighted by Crippen LogP contribution is -2.08. The van der Waals surface area contributed by atoms with Crippen molar-refractivity contribution < 1.29 is 9.47 Å². The molecule has 1 aromatic carbocycles. The minimum atomic E-state index is 0.356. The van der Waals surface area contributed by atoms with E-state index in [1.165, 1.54) is 5.56 Å². The number of aryl methyl sites for hydroxylation is 1. The van der Waals surface area contributed by atoms with Gasteiger partial charge in [0.1, 0.15) is 0 Å². The Morgan fingerprint density at radius 3 is 3.00 bits per heavy atom. The number of nitrogens with one attached hydrogen (secondary N) is 1. The molecule has 14 heavy (non-hydrogen) atoms. The smallest absolute Gasteiger partial charge is 0.231 e. The highest BCUT2D eigenvalue weighted by atomic mass is 16.7. The molecule has 0 aliphatic carbocycles. The number of hydrogen-bond donors (Lipinski definition) is 1. The van der Waals surface area contributed by atoms with Gasteiger partial charge in [-0.2, -0.15) is 0 Å². The summed E-state index contributed by atoms with van der Waals surface area (Å²) < 4.78 is 10.6. The zero-order valence-corrected chi connectivity index (χ0v) is 8.38. The molecule has 0 unspecified atom stereocenters. The molecule has 0 amide bonds. The SMILES string of the molecule is CNCCCc1ccc2c(c1)OCO2. The zero-order chi connectivity index (χ0) is 9.80. The van der Waals surface area contributed by atoms with Gasteiger partial charge in [0.05, 0.1) is 0 Å². The van der Waals surface area contributed by atoms with Gasteiger partial charge in [-0.05, 0) is 44.1 Å². The van der Waals surface area contributed by atoms with Crippen LogP contribution in [0.25, 0.3) is 0 Å². The van der Waals surface area contributed by atoms with Gasteiger partial charge in [-0.25, -0.2) is 0 Å². The van der Waals surface area contributed by atoms with E-state index in [0.717, 1.165) is 30.9 Å². The molecule has 0 bridgehead atoms. The summed E-state index contributed by atoms with van der Waals surface area (Å²) in [6, 6.07) is 6.15. The minimum absolute atomic E-state index is 0.356. The standard InChI is InChI=1S/C11H15NO2/c1-12-6-2-3-9-4-5-10-11(7-9)14-8-13-10/h4-5,7,12H,2-3,6,8H2,1H3. The van der Waals surface area contributed by atoms with Crippen molar-refractivity contribution in [3.05, 3.63) is 23.8 Å². The minimum Gasteiger partial charge on any atom is -0.454 e. The molecular formula is C11H15NO2. The maximum atomic E-state index is 5.31. The molecular weight excluding hydrogens is 178 g/mol. The van der Waals surface area contributed by atoms with Crippen molar-refractivity contribution in [2.75, 3.05) is 20.4 Å². The summed E-state index contributed by atoms with van der Waals surface area (Å²) in [5.41, 5.74) is 1.31. The zero-order valence-electron chi connectivity index (χ0n) is 8.38. The van der Waals surface area contributed by atoms with Crippen LogP contribution < -0.4 is 14.8 Å². The first-order valence-corrected chi connectivity index (χ1v) is 4.93. The summed E-state index contributed by atoms with van der Waals surface area (Å²) >= 11 is 0. The normalized spacial score (nSPS) is 13.2. The van der Waals surface area contributed by atoms with Gasteiger partial charge in [-0.1, -0.05) is 6.07 Å². The fraction of sp³-hybridized carbons (Fsp3) is 0.455. The van der Waals surface area contributed by atoms with Gasteiger partial charge in [0.2, 0.25) is 6.79 Å². The van der Waals surface area contributed by atoms with Crippen LogP contribution in [-0.2, 0) is 6.42 Å². The molecule has 0 atom stereocenters. The van der Waals surface area contributed by atoms with Crippen molar-refractivity contribution in [2.45, 2.75) is 12.8 Å². The van der Waals surface area contributed by atoms with Gasteiger partial charge in [0.15, 0.2) is 11.5 Å². The van der Waals surface area contributed by atoms with Crippen LogP contribution in [0.2, 0.25) is 0 Å². The van der Waals surface area contributed by atoms with E-state index in [9.17, 15) is 0 Å². The molecule has 0 saturated heterocycles. The molecule has 1 heterocycles. The Hall–Kier alpha value is -1.22. The molecule has 0 spiro atoms. The highest BCUT2D eigenvalue weighted by Crippen LogP contribution is 2.32. The lowest BCUT2D eigenvalue weighted by atomic mass is 10.1. The van der Waals surface area contributed by atoms with Gasteiger partial charge in [-0.3, -0.25) is 0 Å². The summed E-state index contributed by atoms with van der Waals surface area (Å²) in [4.78, 5) is 0. The second-order valence-electron chi connectivity index (χ2n) is 3.39. The first-order chi connectivity index (χ1) is 6.90. The first-order valence-electron chi connectivity index (χ1n) is 4.93. The van der Waals surface area contributed by atoms with Crippen LogP contribution in [0.3, 0.4) is 0 Å². The molecule has 3 heteroatoms. The van der Waals surface area contributed by atoms with E-state index in [4.69, 9.17) is 9.47 Å². The van der Waals surface area contributed by atoms with Gasteiger partial charge in [0, 0.05) is 0 Å². The Labute approximate surface area is 84.0 Å². The predicted octanol–water partition coefficient (Wildman–Crippen LogP) is 1.57. The lowest BCUT2D eigenvalue weighted by Gasteiger charge is -2.02. The molecule has 0 fully saturated rings. The van der Waals surface area contributed by atoms with Gasteiger partial charge in [0.25, 0.3) is 0 Å². The van der Waals surface area contributed by atoms with E-state index in [0.29, 0.717) is 6.79 Å². The van der Waals surface area contributed by atoms with E-state index < -0.39 is 0 Å². The van der Waals surface area contributed by atoms with Crippen LogP contribution in [0.4, 0.5) is 0 Å². The Kier molecular flexibility index (Phi) is 2.89. The third-order valence-electron chi connectivity index (χ3n) is 2.33. The van der Waals surface area contributed by atoms with E-state index in [2.05, 4.69) is 17.4 Å². The van der Waals surface area contributed by atoms with E-state index in [1.54, 1.807) is 0 Å². The third kappa shape index (κ3) is 1.99. The molecule has 76 valence electrons. The predicted molar refractivity (Wildman–Crippen MR) is 54.8 cm³/mol. The Morgan fingerprint density at radius 1 is 1.29 bits per heavy atom. The summed E-state index contributed by atoms with van der Waals surface area (Å²) in [7, 11) is 1.97. The Bertz CT molecular complexity index is 312. The van der Waals surface area contributed by atoms with Crippen molar-refractivity contribution in [3.8, 4) is 11.5 Å². The molecule has 1 N–H and O–H groups in total. The van der Waals surface area contributed by atoms with Crippen LogP contribution in [0, 0.1) is 0 Å². The van der Waals surface area contributed by atoms with Crippen LogP contribution in [0.1, 0.15) is 12.0 Å². The van der Waals surface area contributed by atoms with Crippen molar-refractivity contribution in [2.24, 2.45) is 0 Å². The molecule has 2 rings (SSSR count). The average Bonchev–Trinajstić information content (AvgIpc) is 2.65. The quantitative estimate of drug-likeness (QED) is 0.736. The van der Waals surface area contributed by atoms with Crippen molar-refractivity contribution in [1.29, 1.82) is 0 Å². The third-order valence-corrected chi connectivity index (χ3v) is 2.33. The number of fused-ring (bicyclic) bond motifs is 1. The van der Waals surface area contributed by atoms with E-state index in [1.807, 2.05) is 13.1 Å². The number of hydrogen-bond acceptors (Lipinski definition) is 3. The first kappa shape index (κ1) is 9.34. The van der Waals surface area contributed by atoms with Gasteiger partial charge in [-0.15, -0.1) is 0 Å². The molecule has 1 aliphatic rings. The van der Waals surface area contributed by atoms with Gasteiger partial charge < -0.3 is 14.8 Å². The fourth-order valence-electron chi connectivity index (χ4n) is 1.57. The molecule has 1 aliphatic heterocycles. The summed E-state index contributed by atoms with van der Waals surface area (Å²) in [5, 5.41) is 3.13. The average molecular weight is 193 g/mol. The molecule has 1 aromatic rings. The maximum absolute atomic E-state index is 5.31. The number of ether oxygens (including phenoxy) is 2. The van der Waals surface area contributed by atoms with Gasteiger partial charge >= 0.3 is 0 Å². The van der Waals surface area contributed by atoms with E-state index >= 15 is 0 Å². The largest absolute Gasteiger partial charge is 0.454 e. The number of rotatable bonds is 4. The summed E-state index contributed by atoms with van der Waals surface area (Å²) in [6.45, 7) is 1.41. The molecule has 3 nitrogen and oxygen atoms in total. The Balaban J connectivity index is 1.98. The molecule has 0 saturated carbocycles. The monoisotopic (exact) mass is 193 g/mol. The van der Waals surface area contributed by atoms with Crippen molar-refractivity contribution in [1.82, 2.24) is 5.32 Å². The Morgan fingerprint density at radius 2 is 2.14 bits per heavy atom. The van der Waals surface area contributed by atoms with Crippen LogP contribution >= 0.6 is 0 Å². The van der Waals surface area contributed by atoms with Crippen LogP contribution in [0.15, 0.2) is 18.2 Å². The van der Waals surface area contributed by atoms with Crippen molar-refractivity contribution >= 4 is 0 Å². The second kappa shape index (κ2) is 4.33. The highest BCUT2D eigenvalue weighted by Gasteiger charge is 2.12. The number of benzene rings is 1. The molecule has 0 radical (unpaired) electrons. The summed E-state index contributed by atoms with van der Waals surface area (Å²) in [6.07, 6.45) is 2.23. The van der Waals surface area contributed by atoms with E-state index in [-0.39, 0.29) is 0 Å². The van der Waals surface area contributed by atoms with Crippen LogP contribution in [0.5, 0.6) is 11.5 Å². The summed E-state index contributed by atoms with van der Waals surface area (Å²) in [5.74, 6) is 1.74. The fourth-order valence-corrected chi connectivity index (χ4v) is 1.57. The van der Waals surface area contributed by atoms with Crippen LogP contribution in [-0.4, -0.2) is 20.4 Å². The maximum Gasteiger partial charge on any atom is 0.231 e. The topological polar surface area (TPSA) is 30.5 Å². The second-order valence-corrected chi connectivity index (χ2v) is 3.39. The highest BCUT2D eigenvalue weighted by molar-refractivity contribution is 5.44. The molecule has 0 aromatic heterocycles. The lowest BCUT2D eigenvalue weighted by molar-refractivity contribution is 0.174. The van der Waals surface area contributed by atoms with Crippen molar-refractivity contribution in [3.63, 3.8) is 0 Å².